The average molecular weight is 153 g/mol. The molecule has 1 nitrogen and oxygen atoms in total. The van der Waals surface area contributed by atoms with Gasteiger partial charge in [0.05, 0.1) is 0 Å². The van der Waals surface area contributed by atoms with Crippen LogP contribution in [0.2, 0.25) is 0 Å². The molecule has 0 radical (unpaired) electrons. The van der Waals surface area contributed by atoms with E-state index in [0.717, 1.165) is 5.69 Å². The van der Waals surface area contributed by atoms with E-state index in [4.69, 9.17) is 0 Å². The molecule has 0 aliphatic carbocycles. The predicted octanol–water partition coefficient (Wildman–Crippen LogP) is 1.76. The molecule has 0 atom stereocenters. The molecular weight excluding hydrogens is 141 g/mol. The summed E-state index contributed by atoms with van der Waals surface area (Å²) >= 11 is 0. The Morgan fingerprint density at radius 2 is 2.10 bits per heavy atom. The van der Waals surface area contributed by atoms with Crippen LogP contribution in [-0.4, -0.2) is 18.3 Å². The van der Waals surface area contributed by atoms with Crippen LogP contribution < -0.4 is 5.30 Å². The minimum Gasteiger partial charge on any atom is -0.262 e. The van der Waals surface area contributed by atoms with E-state index >= 15 is 0 Å². The van der Waals surface area contributed by atoms with Crippen molar-refractivity contribution in [3.63, 3.8) is 0 Å². The summed E-state index contributed by atoms with van der Waals surface area (Å²) in [6.07, 6.45) is 1.88. The highest BCUT2D eigenvalue weighted by atomic mass is 31.1. The first-order chi connectivity index (χ1) is 4.70. The Morgan fingerprint density at radius 3 is 2.50 bits per heavy atom. The standard InChI is InChI=1S/C8H12NP/c1-7-6-8(10(2)3)4-5-9-7/h4-6H,1-3H3. The Morgan fingerprint density at radius 1 is 1.40 bits per heavy atom. The van der Waals surface area contributed by atoms with Crippen molar-refractivity contribution in [2.75, 3.05) is 13.3 Å². The monoisotopic (exact) mass is 153 g/mol. The fourth-order valence-electron chi connectivity index (χ4n) is 0.809. The van der Waals surface area contributed by atoms with Gasteiger partial charge in [0.1, 0.15) is 0 Å². The first-order valence-electron chi connectivity index (χ1n) is 3.30. The highest BCUT2D eigenvalue weighted by Gasteiger charge is 1.96. The Balaban J connectivity index is 2.96. The van der Waals surface area contributed by atoms with Gasteiger partial charge in [0, 0.05) is 11.9 Å². The molecule has 0 aliphatic heterocycles. The zero-order valence-corrected chi connectivity index (χ0v) is 7.52. The zero-order chi connectivity index (χ0) is 7.56. The number of pyridine rings is 1. The molecule has 1 aromatic rings. The van der Waals surface area contributed by atoms with Crippen LogP contribution in [-0.2, 0) is 0 Å². The molecule has 2 heteroatoms. The van der Waals surface area contributed by atoms with Crippen LogP contribution >= 0.6 is 7.92 Å². The highest BCUT2D eigenvalue weighted by molar-refractivity contribution is 7.64. The maximum Gasteiger partial charge on any atom is 0.0379 e. The van der Waals surface area contributed by atoms with Crippen molar-refractivity contribution >= 4 is 13.2 Å². The summed E-state index contributed by atoms with van der Waals surface area (Å²) < 4.78 is 0. The third-order valence-corrected chi connectivity index (χ3v) is 2.71. The summed E-state index contributed by atoms with van der Waals surface area (Å²) in [6.45, 7) is 6.54. The van der Waals surface area contributed by atoms with E-state index in [9.17, 15) is 0 Å². The Labute approximate surface area is 63.2 Å². The zero-order valence-electron chi connectivity index (χ0n) is 6.63. The number of rotatable bonds is 1. The van der Waals surface area contributed by atoms with Crippen LogP contribution in [0.25, 0.3) is 0 Å². The molecule has 0 fully saturated rings. The SMILES string of the molecule is Cc1cc(P(C)C)ccn1. The van der Waals surface area contributed by atoms with Crippen LogP contribution in [0, 0.1) is 6.92 Å². The minimum absolute atomic E-state index is 0.0482. The van der Waals surface area contributed by atoms with Gasteiger partial charge < -0.3 is 0 Å². The van der Waals surface area contributed by atoms with Gasteiger partial charge in [0.25, 0.3) is 0 Å². The van der Waals surface area contributed by atoms with Crippen molar-refractivity contribution in [1.82, 2.24) is 4.98 Å². The molecule has 0 saturated carbocycles. The van der Waals surface area contributed by atoms with Crippen LogP contribution in [0.5, 0.6) is 0 Å². The van der Waals surface area contributed by atoms with Crippen molar-refractivity contribution in [2.24, 2.45) is 0 Å². The van der Waals surface area contributed by atoms with Crippen molar-refractivity contribution in [2.45, 2.75) is 6.92 Å². The average Bonchev–Trinajstić information content (AvgIpc) is 1.88. The summed E-state index contributed by atoms with van der Waals surface area (Å²) in [4.78, 5) is 4.13. The quantitative estimate of drug-likeness (QED) is 0.560. The van der Waals surface area contributed by atoms with Gasteiger partial charge in [-0.15, -0.1) is 0 Å². The Hall–Kier alpha value is -0.420. The molecule has 0 aromatic carbocycles. The number of aryl methyl sites for hydroxylation is 1. The summed E-state index contributed by atoms with van der Waals surface area (Å²) in [7, 11) is 0.0482. The lowest BCUT2D eigenvalue weighted by Crippen LogP contribution is -1.99. The second kappa shape index (κ2) is 3.12. The number of hydrogen-bond donors (Lipinski definition) is 0. The normalized spacial score (nSPS) is 10.4. The first-order valence-corrected chi connectivity index (χ1v) is 5.54. The van der Waals surface area contributed by atoms with Crippen LogP contribution in [0.1, 0.15) is 5.69 Å². The fourth-order valence-corrected chi connectivity index (χ4v) is 1.62. The number of nitrogens with zero attached hydrogens (tertiary/aromatic N) is 1. The van der Waals surface area contributed by atoms with E-state index in [1.54, 1.807) is 0 Å². The van der Waals surface area contributed by atoms with Gasteiger partial charge >= 0.3 is 0 Å². The molecule has 0 saturated heterocycles. The summed E-state index contributed by atoms with van der Waals surface area (Å²) in [5.41, 5.74) is 1.12. The summed E-state index contributed by atoms with van der Waals surface area (Å²) in [5.74, 6) is 0. The van der Waals surface area contributed by atoms with Crippen molar-refractivity contribution in [1.29, 1.82) is 0 Å². The molecule has 10 heavy (non-hydrogen) atoms. The lowest BCUT2D eigenvalue weighted by atomic mass is 10.4. The van der Waals surface area contributed by atoms with E-state index in [2.05, 4.69) is 30.4 Å². The lowest BCUT2D eigenvalue weighted by molar-refractivity contribution is 1.21. The third kappa shape index (κ3) is 1.78. The van der Waals surface area contributed by atoms with Gasteiger partial charge in [-0.1, -0.05) is 7.92 Å². The second-order valence-electron chi connectivity index (χ2n) is 2.55. The maximum atomic E-state index is 4.13. The van der Waals surface area contributed by atoms with E-state index in [-0.39, 0.29) is 7.92 Å². The van der Waals surface area contributed by atoms with Gasteiger partial charge in [-0.05, 0) is 37.7 Å². The molecular formula is C8H12NP. The van der Waals surface area contributed by atoms with Gasteiger partial charge in [0.2, 0.25) is 0 Å². The first kappa shape index (κ1) is 7.68. The van der Waals surface area contributed by atoms with Crippen LogP contribution in [0.3, 0.4) is 0 Å². The fraction of sp³-hybridized carbons (Fsp3) is 0.375. The topological polar surface area (TPSA) is 12.9 Å². The summed E-state index contributed by atoms with van der Waals surface area (Å²) in [6, 6.07) is 4.25. The molecule has 0 spiro atoms. The molecule has 1 aromatic heterocycles. The second-order valence-corrected chi connectivity index (χ2v) is 4.86. The van der Waals surface area contributed by atoms with Crippen molar-refractivity contribution < 1.29 is 0 Å². The molecule has 1 rings (SSSR count). The van der Waals surface area contributed by atoms with Gasteiger partial charge in [-0.2, -0.15) is 0 Å². The molecule has 0 aliphatic rings. The highest BCUT2D eigenvalue weighted by Crippen LogP contribution is 2.22. The minimum atomic E-state index is 0.0482. The number of hydrogen-bond acceptors (Lipinski definition) is 1. The lowest BCUT2D eigenvalue weighted by Gasteiger charge is -2.04. The van der Waals surface area contributed by atoms with E-state index in [0.29, 0.717) is 0 Å². The molecule has 0 bridgehead atoms. The molecule has 0 amide bonds. The van der Waals surface area contributed by atoms with E-state index in [1.165, 1.54) is 5.30 Å². The van der Waals surface area contributed by atoms with Crippen LogP contribution in [0.15, 0.2) is 18.3 Å². The van der Waals surface area contributed by atoms with Crippen molar-refractivity contribution in [3.8, 4) is 0 Å². The Bertz CT molecular complexity index is 220. The third-order valence-electron chi connectivity index (χ3n) is 1.40. The predicted molar refractivity (Wildman–Crippen MR) is 47.4 cm³/mol. The van der Waals surface area contributed by atoms with Gasteiger partial charge in [0.15, 0.2) is 0 Å². The molecule has 54 valence electrons. The largest absolute Gasteiger partial charge is 0.262 e. The molecule has 1 heterocycles. The van der Waals surface area contributed by atoms with Gasteiger partial charge in [-0.25, -0.2) is 0 Å². The van der Waals surface area contributed by atoms with Crippen molar-refractivity contribution in [3.05, 3.63) is 24.0 Å². The number of aromatic nitrogens is 1. The summed E-state index contributed by atoms with van der Waals surface area (Å²) in [5, 5.41) is 1.43. The van der Waals surface area contributed by atoms with Gasteiger partial charge in [-0.3, -0.25) is 4.98 Å². The molecule has 0 unspecified atom stereocenters. The molecule has 0 N–H and O–H groups in total. The van der Waals surface area contributed by atoms with Crippen LogP contribution in [0.4, 0.5) is 0 Å². The maximum absolute atomic E-state index is 4.13. The Kier molecular flexibility index (Phi) is 2.39. The van der Waals surface area contributed by atoms with E-state index in [1.807, 2.05) is 13.1 Å². The van der Waals surface area contributed by atoms with E-state index < -0.39 is 0 Å². The smallest absolute Gasteiger partial charge is 0.0379 e.